The topological polar surface area (TPSA) is 56.3 Å². The van der Waals surface area contributed by atoms with Crippen LogP contribution in [0, 0.1) is 0 Å². The Bertz CT molecular complexity index is 380. The van der Waals surface area contributed by atoms with Crippen molar-refractivity contribution in [3.05, 3.63) is 11.9 Å². The third-order valence-corrected chi connectivity index (χ3v) is 2.85. The average Bonchev–Trinajstić information content (AvgIpc) is 3.22. The predicted molar refractivity (Wildman–Crippen MR) is 70.2 cm³/mol. The quantitative estimate of drug-likeness (QED) is 0.718. The molecule has 5 heteroatoms. The van der Waals surface area contributed by atoms with Crippen molar-refractivity contribution in [1.29, 1.82) is 0 Å². The van der Waals surface area contributed by atoms with Crippen molar-refractivity contribution in [1.82, 2.24) is 9.97 Å². The van der Waals surface area contributed by atoms with E-state index in [1.807, 2.05) is 13.0 Å². The van der Waals surface area contributed by atoms with Gasteiger partial charge in [0, 0.05) is 31.7 Å². The minimum Gasteiger partial charge on any atom is -0.481 e. The molecule has 0 atom stereocenters. The summed E-state index contributed by atoms with van der Waals surface area (Å²) in [6.07, 6.45) is 3.35. The fourth-order valence-electron chi connectivity index (χ4n) is 1.70. The minimum absolute atomic E-state index is 0.532. The number of aromatic nitrogens is 2. The van der Waals surface area contributed by atoms with Crippen molar-refractivity contribution in [2.24, 2.45) is 0 Å². The van der Waals surface area contributed by atoms with Crippen LogP contribution in [-0.4, -0.2) is 36.8 Å². The molecule has 0 radical (unpaired) electrons. The molecule has 1 heterocycles. The first-order valence-electron chi connectivity index (χ1n) is 6.58. The maximum absolute atomic E-state index is 5.29. The summed E-state index contributed by atoms with van der Waals surface area (Å²) in [6.45, 7) is 4.41. The number of rotatable bonds is 8. The Hall–Kier alpha value is -1.36. The molecule has 0 spiro atoms. The lowest BCUT2D eigenvalue weighted by molar-refractivity contribution is 0.147. The van der Waals surface area contributed by atoms with Gasteiger partial charge in [0.15, 0.2) is 0 Å². The maximum atomic E-state index is 5.29. The van der Waals surface area contributed by atoms with E-state index in [-0.39, 0.29) is 0 Å². The highest BCUT2D eigenvalue weighted by Gasteiger charge is 2.27. The number of hydrogen-bond donors (Lipinski definition) is 1. The van der Waals surface area contributed by atoms with Crippen LogP contribution in [0.25, 0.3) is 0 Å². The summed E-state index contributed by atoms with van der Waals surface area (Å²) in [7, 11) is 1.64. The highest BCUT2D eigenvalue weighted by molar-refractivity contribution is 5.39. The summed E-state index contributed by atoms with van der Waals surface area (Å²) in [5, 5.41) is 3.29. The van der Waals surface area contributed by atoms with E-state index in [4.69, 9.17) is 9.47 Å². The lowest BCUT2D eigenvalue weighted by Crippen LogP contribution is -2.08. The normalized spacial score (nSPS) is 14.6. The lowest BCUT2D eigenvalue weighted by atomic mass is 10.3. The molecule has 0 amide bonds. The molecule has 1 saturated carbocycles. The number of ether oxygens (including phenoxy) is 2. The van der Waals surface area contributed by atoms with Gasteiger partial charge < -0.3 is 14.8 Å². The maximum Gasteiger partial charge on any atom is 0.218 e. The van der Waals surface area contributed by atoms with Crippen LogP contribution in [0.2, 0.25) is 0 Å². The van der Waals surface area contributed by atoms with Gasteiger partial charge >= 0.3 is 0 Å². The Balaban J connectivity index is 1.88. The second kappa shape index (κ2) is 6.54. The Labute approximate surface area is 108 Å². The summed E-state index contributed by atoms with van der Waals surface area (Å²) in [5.41, 5.74) is 0. The highest BCUT2D eigenvalue weighted by atomic mass is 16.5. The lowest BCUT2D eigenvalue weighted by Gasteiger charge is -2.09. The standard InChI is InChI=1S/C13H21N3O2/c1-3-18-8-4-7-14-11-9-12(17-2)16-13(15-11)10-5-6-10/h9-10H,3-8H2,1-2H3,(H,14,15,16). The van der Waals surface area contributed by atoms with Crippen molar-refractivity contribution in [2.45, 2.75) is 32.1 Å². The molecule has 0 saturated heterocycles. The zero-order chi connectivity index (χ0) is 12.8. The fraction of sp³-hybridized carbons (Fsp3) is 0.692. The van der Waals surface area contributed by atoms with Crippen molar-refractivity contribution >= 4 is 5.82 Å². The molecule has 1 fully saturated rings. The van der Waals surface area contributed by atoms with E-state index in [0.717, 1.165) is 37.8 Å². The zero-order valence-electron chi connectivity index (χ0n) is 11.1. The van der Waals surface area contributed by atoms with Gasteiger partial charge in [-0.3, -0.25) is 0 Å². The van der Waals surface area contributed by atoms with Crippen LogP contribution in [-0.2, 0) is 4.74 Å². The van der Waals surface area contributed by atoms with Crippen LogP contribution >= 0.6 is 0 Å². The van der Waals surface area contributed by atoms with E-state index < -0.39 is 0 Å². The smallest absolute Gasteiger partial charge is 0.218 e. The van der Waals surface area contributed by atoms with Crippen LogP contribution in [0.5, 0.6) is 5.88 Å². The van der Waals surface area contributed by atoms with Gasteiger partial charge in [0.1, 0.15) is 11.6 Å². The molecular weight excluding hydrogens is 230 g/mol. The highest BCUT2D eigenvalue weighted by Crippen LogP contribution is 2.39. The monoisotopic (exact) mass is 251 g/mol. The molecule has 1 aliphatic carbocycles. The molecule has 0 aromatic carbocycles. The number of anilines is 1. The first kappa shape index (κ1) is 13.1. The molecule has 2 rings (SSSR count). The van der Waals surface area contributed by atoms with Crippen molar-refractivity contribution in [3.63, 3.8) is 0 Å². The summed E-state index contributed by atoms with van der Waals surface area (Å²) in [5.74, 6) is 2.92. The van der Waals surface area contributed by atoms with E-state index in [1.165, 1.54) is 12.8 Å². The molecule has 1 aromatic heterocycles. The van der Waals surface area contributed by atoms with E-state index in [9.17, 15) is 0 Å². The molecular formula is C13H21N3O2. The molecule has 1 N–H and O–H groups in total. The van der Waals surface area contributed by atoms with E-state index in [2.05, 4.69) is 15.3 Å². The van der Waals surface area contributed by atoms with Crippen LogP contribution in [0.3, 0.4) is 0 Å². The number of nitrogens with one attached hydrogen (secondary N) is 1. The molecule has 0 aliphatic heterocycles. The minimum atomic E-state index is 0.532. The molecule has 1 aliphatic rings. The van der Waals surface area contributed by atoms with Gasteiger partial charge in [-0.1, -0.05) is 0 Å². The molecule has 0 unspecified atom stereocenters. The van der Waals surface area contributed by atoms with Gasteiger partial charge in [-0.2, -0.15) is 4.98 Å². The van der Waals surface area contributed by atoms with Crippen LogP contribution in [0.1, 0.15) is 37.9 Å². The van der Waals surface area contributed by atoms with Gasteiger partial charge in [-0.25, -0.2) is 4.98 Å². The number of nitrogens with zero attached hydrogens (tertiary/aromatic N) is 2. The van der Waals surface area contributed by atoms with Gasteiger partial charge in [0.2, 0.25) is 5.88 Å². The van der Waals surface area contributed by atoms with E-state index in [0.29, 0.717) is 11.8 Å². The molecule has 5 nitrogen and oxygen atoms in total. The van der Waals surface area contributed by atoms with Gasteiger partial charge in [0.25, 0.3) is 0 Å². The van der Waals surface area contributed by atoms with Crippen LogP contribution < -0.4 is 10.1 Å². The second-order valence-corrected chi connectivity index (χ2v) is 4.41. The SMILES string of the molecule is CCOCCCNc1cc(OC)nc(C2CC2)n1. The summed E-state index contributed by atoms with van der Waals surface area (Å²) in [4.78, 5) is 8.89. The molecule has 1 aromatic rings. The number of hydrogen-bond acceptors (Lipinski definition) is 5. The average molecular weight is 251 g/mol. The summed E-state index contributed by atoms with van der Waals surface area (Å²) >= 11 is 0. The van der Waals surface area contributed by atoms with Crippen molar-refractivity contribution in [2.75, 3.05) is 32.2 Å². The van der Waals surface area contributed by atoms with Crippen molar-refractivity contribution < 1.29 is 9.47 Å². The largest absolute Gasteiger partial charge is 0.481 e. The predicted octanol–water partition coefficient (Wildman–Crippen LogP) is 2.20. The summed E-state index contributed by atoms with van der Waals surface area (Å²) in [6, 6.07) is 1.84. The van der Waals surface area contributed by atoms with Gasteiger partial charge in [-0.05, 0) is 26.2 Å². The van der Waals surface area contributed by atoms with Gasteiger partial charge in [0.05, 0.1) is 7.11 Å². The Morgan fingerprint density at radius 1 is 1.39 bits per heavy atom. The third kappa shape index (κ3) is 3.84. The van der Waals surface area contributed by atoms with Crippen LogP contribution in [0.15, 0.2) is 6.07 Å². The van der Waals surface area contributed by atoms with Crippen molar-refractivity contribution in [3.8, 4) is 5.88 Å². The Kier molecular flexibility index (Phi) is 4.75. The van der Waals surface area contributed by atoms with E-state index >= 15 is 0 Å². The first-order chi connectivity index (χ1) is 8.83. The zero-order valence-corrected chi connectivity index (χ0v) is 11.1. The first-order valence-corrected chi connectivity index (χ1v) is 6.58. The third-order valence-electron chi connectivity index (χ3n) is 2.85. The van der Waals surface area contributed by atoms with E-state index in [1.54, 1.807) is 7.11 Å². The molecule has 0 bridgehead atoms. The molecule has 100 valence electrons. The Morgan fingerprint density at radius 3 is 2.89 bits per heavy atom. The second-order valence-electron chi connectivity index (χ2n) is 4.41. The van der Waals surface area contributed by atoms with Crippen LogP contribution in [0.4, 0.5) is 5.82 Å². The fourth-order valence-corrected chi connectivity index (χ4v) is 1.70. The molecule has 18 heavy (non-hydrogen) atoms. The van der Waals surface area contributed by atoms with Gasteiger partial charge in [-0.15, -0.1) is 0 Å². The Morgan fingerprint density at radius 2 is 2.22 bits per heavy atom. The number of methoxy groups -OCH3 is 1. The summed E-state index contributed by atoms with van der Waals surface area (Å²) < 4.78 is 10.5.